The zero-order valence-corrected chi connectivity index (χ0v) is 16.5. The summed E-state index contributed by atoms with van der Waals surface area (Å²) < 4.78 is 5.28. The molecule has 0 saturated carbocycles. The Morgan fingerprint density at radius 1 is 0.963 bits per heavy atom. The lowest BCUT2D eigenvalue weighted by Crippen LogP contribution is -2.46. The number of methoxy groups -OCH3 is 1. The summed E-state index contributed by atoms with van der Waals surface area (Å²) in [5, 5.41) is 2.87. The second-order valence-electron chi connectivity index (χ2n) is 6.79. The number of anilines is 1. The Hall–Kier alpha value is -2.30. The molecule has 140 valence electrons. The monoisotopic (exact) mass is 381 g/mol. The minimum atomic E-state index is 0.701. The first kappa shape index (κ1) is 18.1. The predicted octanol–water partition coefficient (Wildman–Crippen LogP) is 4.71. The molecule has 2 heterocycles. The van der Waals surface area contributed by atoms with Gasteiger partial charge in [0.15, 0.2) is 0 Å². The van der Waals surface area contributed by atoms with Crippen molar-refractivity contribution >= 4 is 28.2 Å². The SMILES string of the molecule is CCN1CCN(c2nc(-c3ccc(OC)cc3)c(Cl)c3ccccc23)CC1. The maximum absolute atomic E-state index is 6.79. The predicted molar refractivity (Wildman–Crippen MR) is 113 cm³/mol. The van der Waals surface area contributed by atoms with E-state index < -0.39 is 0 Å². The van der Waals surface area contributed by atoms with E-state index in [4.69, 9.17) is 21.3 Å². The molecule has 4 rings (SSSR count). The van der Waals surface area contributed by atoms with Crippen molar-refractivity contribution in [2.75, 3.05) is 44.7 Å². The molecule has 1 fully saturated rings. The van der Waals surface area contributed by atoms with E-state index in [1.165, 1.54) is 0 Å². The number of fused-ring (bicyclic) bond motifs is 1. The second-order valence-corrected chi connectivity index (χ2v) is 7.17. The van der Waals surface area contributed by atoms with Gasteiger partial charge in [-0.15, -0.1) is 0 Å². The van der Waals surface area contributed by atoms with Crippen molar-refractivity contribution in [3.05, 3.63) is 53.6 Å². The van der Waals surface area contributed by atoms with Crippen LogP contribution in [0, 0.1) is 0 Å². The van der Waals surface area contributed by atoms with E-state index in [1.807, 2.05) is 30.3 Å². The maximum atomic E-state index is 6.79. The van der Waals surface area contributed by atoms with Crippen molar-refractivity contribution in [3.8, 4) is 17.0 Å². The highest BCUT2D eigenvalue weighted by Gasteiger charge is 2.21. The van der Waals surface area contributed by atoms with Gasteiger partial charge in [0.1, 0.15) is 11.6 Å². The molecule has 0 spiro atoms. The topological polar surface area (TPSA) is 28.6 Å². The number of halogens is 1. The number of hydrogen-bond acceptors (Lipinski definition) is 4. The van der Waals surface area contributed by atoms with E-state index in [1.54, 1.807) is 7.11 Å². The first-order valence-corrected chi connectivity index (χ1v) is 9.79. The summed E-state index contributed by atoms with van der Waals surface area (Å²) in [7, 11) is 1.67. The Labute approximate surface area is 165 Å². The molecule has 1 aliphatic rings. The van der Waals surface area contributed by atoms with E-state index >= 15 is 0 Å². The first-order chi connectivity index (χ1) is 13.2. The molecule has 27 heavy (non-hydrogen) atoms. The lowest BCUT2D eigenvalue weighted by atomic mass is 10.1. The minimum absolute atomic E-state index is 0.701. The molecular formula is C22H24ClN3O. The summed E-state index contributed by atoms with van der Waals surface area (Å²) in [6.45, 7) is 7.40. The van der Waals surface area contributed by atoms with Crippen molar-refractivity contribution in [2.45, 2.75) is 6.92 Å². The van der Waals surface area contributed by atoms with Crippen LogP contribution in [0.25, 0.3) is 22.0 Å². The maximum Gasteiger partial charge on any atom is 0.137 e. The van der Waals surface area contributed by atoms with E-state index in [0.717, 1.165) is 66.3 Å². The summed E-state index contributed by atoms with van der Waals surface area (Å²) in [6.07, 6.45) is 0. The number of nitrogens with zero attached hydrogens (tertiary/aromatic N) is 3. The van der Waals surface area contributed by atoms with Crippen LogP contribution in [0.2, 0.25) is 5.02 Å². The van der Waals surface area contributed by atoms with Crippen LogP contribution in [0.4, 0.5) is 5.82 Å². The molecule has 1 aliphatic heterocycles. The third-order valence-electron chi connectivity index (χ3n) is 5.31. The first-order valence-electron chi connectivity index (χ1n) is 9.41. The molecule has 0 N–H and O–H groups in total. The van der Waals surface area contributed by atoms with Crippen LogP contribution in [0.3, 0.4) is 0 Å². The summed E-state index contributed by atoms with van der Waals surface area (Å²) in [5.74, 6) is 1.85. The number of pyridine rings is 1. The Balaban J connectivity index is 1.81. The van der Waals surface area contributed by atoms with Crippen LogP contribution in [-0.4, -0.2) is 49.7 Å². The van der Waals surface area contributed by atoms with Gasteiger partial charge in [-0.2, -0.15) is 0 Å². The van der Waals surface area contributed by atoms with Crippen molar-refractivity contribution in [3.63, 3.8) is 0 Å². The van der Waals surface area contributed by atoms with Gasteiger partial charge < -0.3 is 14.5 Å². The summed E-state index contributed by atoms with van der Waals surface area (Å²) in [5.41, 5.74) is 1.82. The van der Waals surface area contributed by atoms with Gasteiger partial charge >= 0.3 is 0 Å². The van der Waals surface area contributed by atoms with Crippen LogP contribution in [0.1, 0.15) is 6.92 Å². The van der Waals surface area contributed by atoms with Gasteiger partial charge in [0.2, 0.25) is 0 Å². The fourth-order valence-corrected chi connectivity index (χ4v) is 3.99. The normalized spacial score (nSPS) is 15.3. The van der Waals surface area contributed by atoms with E-state index in [0.29, 0.717) is 5.02 Å². The Bertz CT molecular complexity index is 934. The number of likely N-dealkylation sites (N-methyl/N-ethyl adjacent to an activating group) is 1. The molecule has 0 radical (unpaired) electrons. The van der Waals surface area contributed by atoms with Gasteiger partial charge in [0, 0.05) is 42.5 Å². The molecule has 2 aromatic carbocycles. The number of ether oxygens (including phenoxy) is 1. The molecule has 5 heteroatoms. The highest BCUT2D eigenvalue weighted by Crippen LogP contribution is 2.38. The molecule has 0 amide bonds. The third kappa shape index (κ3) is 3.47. The fraction of sp³-hybridized carbons (Fsp3) is 0.318. The van der Waals surface area contributed by atoms with Crippen LogP contribution in [0.15, 0.2) is 48.5 Å². The van der Waals surface area contributed by atoms with E-state index in [9.17, 15) is 0 Å². The molecular weight excluding hydrogens is 358 g/mol. The van der Waals surface area contributed by atoms with Crippen LogP contribution < -0.4 is 9.64 Å². The molecule has 0 unspecified atom stereocenters. The Kier molecular flexibility index (Phi) is 5.19. The quantitative estimate of drug-likeness (QED) is 0.654. The highest BCUT2D eigenvalue weighted by atomic mass is 35.5. The van der Waals surface area contributed by atoms with Crippen LogP contribution >= 0.6 is 11.6 Å². The largest absolute Gasteiger partial charge is 0.497 e. The van der Waals surface area contributed by atoms with Gasteiger partial charge in [0.05, 0.1) is 17.8 Å². The number of piperazine rings is 1. The zero-order valence-electron chi connectivity index (χ0n) is 15.8. The van der Waals surface area contributed by atoms with Gasteiger partial charge in [0.25, 0.3) is 0 Å². The number of hydrogen-bond donors (Lipinski definition) is 0. The lowest BCUT2D eigenvalue weighted by Gasteiger charge is -2.35. The zero-order chi connectivity index (χ0) is 18.8. The molecule has 0 atom stereocenters. The molecule has 3 aromatic rings. The van der Waals surface area contributed by atoms with Crippen LogP contribution in [-0.2, 0) is 0 Å². The minimum Gasteiger partial charge on any atom is -0.497 e. The molecule has 0 bridgehead atoms. The smallest absolute Gasteiger partial charge is 0.137 e. The summed E-state index contributed by atoms with van der Waals surface area (Å²) in [6, 6.07) is 16.2. The van der Waals surface area contributed by atoms with Crippen LogP contribution in [0.5, 0.6) is 5.75 Å². The second kappa shape index (κ2) is 7.75. The van der Waals surface area contributed by atoms with Gasteiger partial charge in [-0.05, 0) is 30.8 Å². The molecule has 4 nitrogen and oxygen atoms in total. The average molecular weight is 382 g/mol. The average Bonchev–Trinajstić information content (AvgIpc) is 2.74. The van der Waals surface area contributed by atoms with Crippen molar-refractivity contribution in [1.82, 2.24) is 9.88 Å². The van der Waals surface area contributed by atoms with Gasteiger partial charge in [-0.25, -0.2) is 4.98 Å². The standard InChI is InChI=1S/C22H24ClN3O/c1-3-25-12-14-26(15-13-25)22-19-7-5-4-6-18(19)20(23)21(24-22)16-8-10-17(27-2)11-9-16/h4-11H,3,12-15H2,1-2H3. The van der Waals surface area contributed by atoms with Crippen molar-refractivity contribution < 1.29 is 4.74 Å². The molecule has 1 saturated heterocycles. The fourth-order valence-electron chi connectivity index (χ4n) is 3.67. The number of aromatic nitrogens is 1. The summed E-state index contributed by atoms with van der Waals surface area (Å²) >= 11 is 6.79. The lowest BCUT2D eigenvalue weighted by molar-refractivity contribution is 0.271. The Morgan fingerprint density at radius 3 is 2.26 bits per heavy atom. The van der Waals surface area contributed by atoms with Gasteiger partial charge in [-0.3, -0.25) is 0 Å². The Morgan fingerprint density at radius 2 is 1.63 bits per heavy atom. The van der Waals surface area contributed by atoms with Gasteiger partial charge in [-0.1, -0.05) is 42.8 Å². The summed E-state index contributed by atoms with van der Waals surface area (Å²) in [4.78, 5) is 9.89. The molecule has 1 aromatic heterocycles. The van der Waals surface area contributed by atoms with Crippen molar-refractivity contribution in [1.29, 1.82) is 0 Å². The highest BCUT2D eigenvalue weighted by molar-refractivity contribution is 6.38. The third-order valence-corrected chi connectivity index (χ3v) is 5.70. The number of benzene rings is 2. The van der Waals surface area contributed by atoms with Crippen molar-refractivity contribution in [2.24, 2.45) is 0 Å². The van der Waals surface area contributed by atoms with E-state index in [2.05, 4.69) is 34.9 Å². The molecule has 0 aliphatic carbocycles. The number of rotatable bonds is 4. The van der Waals surface area contributed by atoms with E-state index in [-0.39, 0.29) is 0 Å².